The largest absolute Gasteiger partial charge is 0.338 e. The molecule has 0 bridgehead atoms. The van der Waals surface area contributed by atoms with Gasteiger partial charge >= 0.3 is 0 Å². The summed E-state index contributed by atoms with van der Waals surface area (Å²) >= 11 is 3.48. The Balaban J connectivity index is 1.93. The van der Waals surface area contributed by atoms with Crippen LogP contribution in [0.4, 0.5) is 11.5 Å². The first-order valence-electron chi connectivity index (χ1n) is 7.22. The monoisotopic (exact) mass is 355 g/mol. The highest BCUT2D eigenvalue weighted by Gasteiger charge is 2.13. The van der Waals surface area contributed by atoms with E-state index in [2.05, 4.69) is 76.5 Å². The molecule has 0 fully saturated rings. The van der Waals surface area contributed by atoms with E-state index < -0.39 is 0 Å². The van der Waals surface area contributed by atoms with Crippen molar-refractivity contribution in [3.8, 4) is 0 Å². The van der Waals surface area contributed by atoms with E-state index in [0.717, 1.165) is 26.8 Å². The highest BCUT2D eigenvalue weighted by atomic mass is 79.9. The van der Waals surface area contributed by atoms with Crippen molar-refractivity contribution >= 4 is 38.2 Å². The van der Waals surface area contributed by atoms with Crippen LogP contribution in [-0.4, -0.2) is 10.2 Å². The third kappa shape index (κ3) is 3.12. The summed E-state index contributed by atoms with van der Waals surface area (Å²) in [6.07, 6.45) is 1.77. The van der Waals surface area contributed by atoms with E-state index in [-0.39, 0.29) is 5.41 Å². The van der Waals surface area contributed by atoms with E-state index in [0.29, 0.717) is 0 Å². The summed E-state index contributed by atoms with van der Waals surface area (Å²) in [4.78, 5) is 0. The molecule has 1 N–H and O–H groups in total. The number of fused-ring (bicyclic) bond motifs is 1. The Morgan fingerprint density at radius 1 is 1.00 bits per heavy atom. The molecule has 0 radical (unpaired) electrons. The highest BCUT2D eigenvalue weighted by Crippen LogP contribution is 2.28. The van der Waals surface area contributed by atoms with Crippen LogP contribution in [0.1, 0.15) is 26.3 Å². The zero-order chi connectivity index (χ0) is 15.7. The average molecular weight is 356 g/mol. The van der Waals surface area contributed by atoms with E-state index in [1.54, 1.807) is 6.20 Å². The number of halogens is 1. The predicted octanol–water partition coefficient (Wildman–Crippen LogP) is 5.43. The van der Waals surface area contributed by atoms with Gasteiger partial charge in [-0.2, -0.15) is 5.10 Å². The molecule has 0 aliphatic carbocycles. The van der Waals surface area contributed by atoms with E-state index in [1.165, 1.54) is 5.56 Å². The van der Waals surface area contributed by atoms with Gasteiger partial charge in [-0.3, -0.25) is 0 Å². The summed E-state index contributed by atoms with van der Waals surface area (Å²) in [5, 5.41) is 13.8. The van der Waals surface area contributed by atoms with Crippen molar-refractivity contribution in [1.82, 2.24) is 10.2 Å². The Kier molecular flexibility index (Phi) is 3.87. The van der Waals surface area contributed by atoms with Crippen LogP contribution in [0.25, 0.3) is 10.8 Å². The molecule has 3 rings (SSSR count). The van der Waals surface area contributed by atoms with Crippen molar-refractivity contribution in [3.63, 3.8) is 0 Å². The molecule has 1 aromatic heterocycles. The lowest BCUT2D eigenvalue weighted by atomic mass is 9.87. The highest BCUT2D eigenvalue weighted by molar-refractivity contribution is 9.10. The minimum Gasteiger partial charge on any atom is -0.338 e. The van der Waals surface area contributed by atoms with Crippen molar-refractivity contribution in [2.24, 2.45) is 0 Å². The summed E-state index contributed by atoms with van der Waals surface area (Å²) in [7, 11) is 0. The van der Waals surface area contributed by atoms with Crippen molar-refractivity contribution in [3.05, 3.63) is 58.7 Å². The second-order valence-corrected chi connectivity index (χ2v) is 7.29. The summed E-state index contributed by atoms with van der Waals surface area (Å²) in [6, 6.07) is 14.6. The molecule has 0 aliphatic rings. The Labute approximate surface area is 138 Å². The van der Waals surface area contributed by atoms with Crippen LogP contribution in [0.5, 0.6) is 0 Å². The minimum atomic E-state index is 0.157. The van der Waals surface area contributed by atoms with Gasteiger partial charge in [0.05, 0.1) is 6.20 Å². The van der Waals surface area contributed by atoms with Crippen LogP contribution in [0.3, 0.4) is 0 Å². The number of nitrogens with one attached hydrogen (secondary N) is 1. The molecule has 0 unspecified atom stereocenters. The molecular weight excluding hydrogens is 338 g/mol. The molecule has 0 saturated heterocycles. The zero-order valence-corrected chi connectivity index (χ0v) is 14.5. The third-order valence-electron chi connectivity index (χ3n) is 3.64. The van der Waals surface area contributed by atoms with Gasteiger partial charge in [0.25, 0.3) is 0 Å². The maximum absolute atomic E-state index is 4.23. The maximum atomic E-state index is 4.23. The van der Waals surface area contributed by atoms with Gasteiger partial charge in [0.1, 0.15) is 0 Å². The molecule has 0 saturated carbocycles. The van der Waals surface area contributed by atoms with Gasteiger partial charge < -0.3 is 5.32 Å². The first-order valence-corrected chi connectivity index (χ1v) is 8.01. The molecule has 3 aromatic rings. The normalized spacial score (nSPS) is 11.6. The summed E-state index contributed by atoms with van der Waals surface area (Å²) in [5.74, 6) is 0.772. The van der Waals surface area contributed by atoms with Gasteiger partial charge in [-0.15, -0.1) is 5.10 Å². The van der Waals surface area contributed by atoms with Gasteiger partial charge in [-0.25, -0.2) is 0 Å². The second-order valence-electron chi connectivity index (χ2n) is 6.38. The number of hydrogen-bond acceptors (Lipinski definition) is 3. The molecule has 3 nitrogen and oxygen atoms in total. The molecule has 0 atom stereocenters. The summed E-state index contributed by atoms with van der Waals surface area (Å²) in [5.41, 5.74) is 2.48. The van der Waals surface area contributed by atoms with Gasteiger partial charge in [0, 0.05) is 20.9 Å². The van der Waals surface area contributed by atoms with Gasteiger partial charge in [-0.05, 0) is 41.3 Å². The van der Waals surface area contributed by atoms with Crippen LogP contribution < -0.4 is 5.32 Å². The van der Waals surface area contributed by atoms with Gasteiger partial charge in [0.2, 0.25) is 0 Å². The topological polar surface area (TPSA) is 37.8 Å². The second kappa shape index (κ2) is 5.69. The minimum absolute atomic E-state index is 0.157. The average Bonchev–Trinajstić information content (AvgIpc) is 2.47. The zero-order valence-electron chi connectivity index (χ0n) is 12.9. The molecule has 0 spiro atoms. The number of aromatic nitrogens is 2. The number of rotatable bonds is 2. The smallest absolute Gasteiger partial charge is 0.160 e. The third-order valence-corrected chi connectivity index (χ3v) is 4.13. The number of nitrogens with zero attached hydrogens (tertiary/aromatic N) is 2. The maximum Gasteiger partial charge on any atom is 0.160 e. The number of hydrogen-bond donors (Lipinski definition) is 1. The van der Waals surface area contributed by atoms with Crippen LogP contribution in [0.2, 0.25) is 0 Å². The van der Waals surface area contributed by atoms with E-state index in [9.17, 15) is 0 Å². The van der Waals surface area contributed by atoms with E-state index >= 15 is 0 Å². The Morgan fingerprint density at radius 3 is 2.41 bits per heavy atom. The lowest BCUT2D eigenvalue weighted by Crippen LogP contribution is -2.10. The summed E-state index contributed by atoms with van der Waals surface area (Å²) < 4.78 is 1.04. The number of anilines is 2. The molecule has 0 aliphatic heterocycles. The first-order chi connectivity index (χ1) is 10.4. The quantitative estimate of drug-likeness (QED) is 0.665. The Morgan fingerprint density at radius 2 is 1.73 bits per heavy atom. The number of benzene rings is 2. The molecule has 112 valence electrons. The van der Waals surface area contributed by atoms with Crippen LogP contribution in [0.15, 0.2) is 53.1 Å². The summed E-state index contributed by atoms with van der Waals surface area (Å²) in [6.45, 7) is 6.64. The molecule has 22 heavy (non-hydrogen) atoms. The molecule has 4 heteroatoms. The lowest BCUT2D eigenvalue weighted by Gasteiger charge is -2.19. The first kappa shape index (κ1) is 15.0. The fourth-order valence-corrected chi connectivity index (χ4v) is 2.72. The van der Waals surface area contributed by atoms with Crippen LogP contribution in [0, 0.1) is 0 Å². The fraction of sp³-hybridized carbons (Fsp3) is 0.222. The SMILES string of the molecule is CC(C)(C)c1ccc(Nc2nncc3cc(Br)ccc23)cc1. The van der Waals surface area contributed by atoms with Gasteiger partial charge in [0.15, 0.2) is 5.82 Å². The predicted molar refractivity (Wildman–Crippen MR) is 95.7 cm³/mol. The lowest BCUT2D eigenvalue weighted by molar-refractivity contribution is 0.590. The van der Waals surface area contributed by atoms with E-state index in [4.69, 9.17) is 0 Å². The van der Waals surface area contributed by atoms with Crippen molar-refractivity contribution in [1.29, 1.82) is 0 Å². The van der Waals surface area contributed by atoms with E-state index in [1.807, 2.05) is 18.2 Å². The fourth-order valence-electron chi connectivity index (χ4n) is 2.34. The molecular formula is C18H18BrN3. The van der Waals surface area contributed by atoms with Crippen molar-refractivity contribution < 1.29 is 0 Å². The van der Waals surface area contributed by atoms with Crippen LogP contribution in [-0.2, 0) is 5.41 Å². The van der Waals surface area contributed by atoms with Crippen LogP contribution >= 0.6 is 15.9 Å². The van der Waals surface area contributed by atoms with Crippen molar-refractivity contribution in [2.75, 3.05) is 5.32 Å². The standard InChI is InChI=1S/C18H18BrN3/c1-18(2,3)13-4-7-15(8-5-13)21-17-16-9-6-14(19)10-12(16)11-20-22-17/h4-11H,1-3H3,(H,21,22). The Bertz CT molecular complexity index is 805. The molecule has 1 heterocycles. The van der Waals surface area contributed by atoms with Crippen molar-refractivity contribution in [2.45, 2.75) is 26.2 Å². The molecule has 0 amide bonds. The van der Waals surface area contributed by atoms with Gasteiger partial charge in [-0.1, -0.05) is 48.8 Å². The Hall–Kier alpha value is -1.94. The molecule has 2 aromatic carbocycles.